The second-order valence-corrected chi connectivity index (χ2v) is 8.74. The van der Waals surface area contributed by atoms with Crippen LogP contribution in [0.3, 0.4) is 0 Å². The van der Waals surface area contributed by atoms with Crippen molar-refractivity contribution in [2.24, 2.45) is 23.4 Å². The van der Waals surface area contributed by atoms with Crippen molar-refractivity contribution in [2.45, 2.75) is 40.2 Å². The third kappa shape index (κ3) is 9.16. The Morgan fingerprint density at radius 1 is 1.09 bits per heavy atom. The molecule has 5 N–H and O–H groups in total. The fraction of sp³-hybridized carbons (Fsp3) is 0.360. The van der Waals surface area contributed by atoms with Crippen molar-refractivity contribution >= 4 is 29.2 Å². The van der Waals surface area contributed by atoms with Crippen LogP contribution >= 0.6 is 11.6 Å². The lowest BCUT2D eigenvalue weighted by Crippen LogP contribution is -2.32. The summed E-state index contributed by atoms with van der Waals surface area (Å²) < 4.78 is 5.06. The molecule has 7 nitrogen and oxygen atoms in total. The Labute approximate surface area is 200 Å². The molecule has 0 aliphatic rings. The molecule has 2 aromatic rings. The zero-order chi connectivity index (χ0) is 24.4. The molecule has 0 fully saturated rings. The highest BCUT2D eigenvalue weighted by Crippen LogP contribution is 2.18. The number of nitrogens with zero attached hydrogens (tertiary/aromatic N) is 1. The SMILES string of the molecule is CCOC(=O)C(CC(C)C)C(=O)Nc1ccc(CN(N)/C=C(\N)Cc2ccc(Cl)cc2)cc1. The van der Waals surface area contributed by atoms with Crippen LogP contribution in [-0.4, -0.2) is 23.5 Å². The number of esters is 1. The van der Waals surface area contributed by atoms with Gasteiger partial charge in [0.15, 0.2) is 0 Å². The van der Waals surface area contributed by atoms with Gasteiger partial charge in [0, 0.05) is 29.0 Å². The fourth-order valence-electron chi connectivity index (χ4n) is 3.30. The third-order valence-corrected chi connectivity index (χ3v) is 5.09. The van der Waals surface area contributed by atoms with Gasteiger partial charge in [-0.2, -0.15) is 0 Å². The molecular weight excluding hydrogens is 440 g/mol. The van der Waals surface area contributed by atoms with Crippen molar-refractivity contribution in [1.29, 1.82) is 0 Å². The number of nitrogens with two attached hydrogens (primary N) is 2. The molecule has 8 heteroatoms. The molecule has 0 saturated carbocycles. The van der Waals surface area contributed by atoms with Crippen LogP contribution in [0.4, 0.5) is 5.69 Å². The number of anilines is 1. The summed E-state index contributed by atoms with van der Waals surface area (Å²) in [5, 5.41) is 5.00. The molecule has 0 saturated heterocycles. The van der Waals surface area contributed by atoms with Gasteiger partial charge in [-0.25, -0.2) is 5.84 Å². The highest BCUT2D eigenvalue weighted by atomic mass is 35.5. The van der Waals surface area contributed by atoms with E-state index in [1.165, 1.54) is 5.01 Å². The molecule has 2 aromatic carbocycles. The van der Waals surface area contributed by atoms with Crippen molar-refractivity contribution in [3.05, 3.63) is 76.6 Å². The summed E-state index contributed by atoms with van der Waals surface area (Å²) in [6, 6.07) is 14.8. The van der Waals surface area contributed by atoms with Crippen molar-refractivity contribution in [3.63, 3.8) is 0 Å². The Morgan fingerprint density at radius 2 is 1.70 bits per heavy atom. The number of hydrogen-bond acceptors (Lipinski definition) is 6. The number of carbonyl (C=O) groups excluding carboxylic acids is 2. The van der Waals surface area contributed by atoms with Gasteiger partial charge in [0.25, 0.3) is 0 Å². The quantitative estimate of drug-likeness (QED) is 0.195. The van der Waals surface area contributed by atoms with Crippen LogP contribution in [0, 0.1) is 11.8 Å². The van der Waals surface area contributed by atoms with E-state index >= 15 is 0 Å². The Bertz CT molecular complexity index is 943. The van der Waals surface area contributed by atoms with Gasteiger partial charge < -0.3 is 20.8 Å². The summed E-state index contributed by atoms with van der Waals surface area (Å²) in [7, 11) is 0. The highest BCUT2D eigenvalue weighted by molar-refractivity contribution is 6.30. The van der Waals surface area contributed by atoms with E-state index in [4.69, 9.17) is 27.9 Å². The molecule has 1 atom stereocenters. The number of rotatable bonds is 11. The monoisotopic (exact) mass is 472 g/mol. The van der Waals surface area contributed by atoms with Crippen molar-refractivity contribution in [3.8, 4) is 0 Å². The van der Waals surface area contributed by atoms with E-state index in [0.29, 0.717) is 35.8 Å². The van der Waals surface area contributed by atoms with Crippen LogP contribution in [0.2, 0.25) is 5.02 Å². The largest absolute Gasteiger partial charge is 0.465 e. The van der Waals surface area contributed by atoms with Crippen molar-refractivity contribution in [1.82, 2.24) is 5.01 Å². The van der Waals surface area contributed by atoms with Crippen LogP contribution in [-0.2, 0) is 27.3 Å². The van der Waals surface area contributed by atoms with Gasteiger partial charge >= 0.3 is 5.97 Å². The Hall–Kier alpha value is -3.03. The van der Waals surface area contributed by atoms with E-state index in [2.05, 4.69) is 5.32 Å². The zero-order valence-corrected chi connectivity index (χ0v) is 20.1. The maximum absolute atomic E-state index is 12.6. The number of hydrogen-bond donors (Lipinski definition) is 3. The van der Waals surface area contributed by atoms with Gasteiger partial charge in [-0.15, -0.1) is 0 Å². The van der Waals surface area contributed by atoms with E-state index in [-0.39, 0.29) is 18.4 Å². The van der Waals surface area contributed by atoms with Gasteiger partial charge in [0.05, 0.1) is 13.2 Å². The minimum Gasteiger partial charge on any atom is -0.465 e. The number of halogens is 1. The van der Waals surface area contributed by atoms with Gasteiger partial charge in [0.1, 0.15) is 5.92 Å². The number of benzene rings is 2. The number of hydrazine groups is 1. The maximum Gasteiger partial charge on any atom is 0.318 e. The van der Waals surface area contributed by atoms with Gasteiger partial charge in [-0.3, -0.25) is 9.59 Å². The number of amides is 1. The molecule has 0 heterocycles. The lowest BCUT2D eigenvalue weighted by molar-refractivity contribution is -0.151. The van der Waals surface area contributed by atoms with Gasteiger partial charge in [-0.1, -0.05) is 49.7 Å². The Balaban J connectivity index is 1.94. The van der Waals surface area contributed by atoms with E-state index in [0.717, 1.165) is 11.1 Å². The van der Waals surface area contributed by atoms with Crippen LogP contribution in [0.15, 0.2) is 60.4 Å². The summed E-state index contributed by atoms with van der Waals surface area (Å²) in [4.78, 5) is 24.8. The summed E-state index contributed by atoms with van der Waals surface area (Å²) in [5.41, 5.74) is 9.31. The van der Waals surface area contributed by atoms with Gasteiger partial charge in [-0.05, 0) is 54.7 Å². The number of allylic oxidation sites excluding steroid dienone is 1. The maximum atomic E-state index is 12.6. The molecule has 0 aliphatic heterocycles. The molecule has 2 rings (SSSR count). The molecule has 0 bridgehead atoms. The smallest absolute Gasteiger partial charge is 0.318 e. The van der Waals surface area contributed by atoms with E-state index < -0.39 is 11.9 Å². The highest BCUT2D eigenvalue weighted by Gasteiger charge is 2.28. The van der Waals surface area contributed by atoms with Crippen LogP contribution in [0.1, 0.15) is 38.3 Å². The number of carbonyl (C=O) groups is 2. The average Bonchev–Trinajstić information content (AvgIpc) is 2.75. The van der Waals surface area contributed by atoms with E-state index in [1.807, 2.05) is 50.2 Å². The molecule has 33 heavy (non-hydrogen) atoms. The lowest BCUT2D eigenvalue weighted by Gasteiger charge is -2.18. The Kier molecular flexibility index (Phi) is 10.2. The third-order valence-electron chi connectivity index (χ3n) is 4.83. The molecule has 0 radical (unpaired) electrons. The van der Waals surface area contributed by atoms with Crippen molar-refractivity contribution < 1.29 is 14.3 Å². The summed E-state index contributed by atoms with van der Waals surface area (Å²) in [6.45, 7) is 6.33. The molecule has 1 amide bonds. The first-order valence-electron chi connectivity index (χ1n) is 11.0. The predicted octanol–water partition coefficient (Wildman–Crippen LogP) is 4.22. The van der Waals surface area contributed by atoms with Crippen LogP contribution in [0.25, 0.3) is 0 Å². The summed E-state index contributed by atoms with van der Waals surface area (Å²) in [5.74, 6) is 4.57. The van der Waals surface area contributed by atoms with Crippen LogP contribution < -0.4 is 16.9 Å². The number of ether oxygens (including phenoxy) is 1. The fourth-order valence-corrected chi connectivity index (χ4v) is 3.43. The molecule has 0 spiro atoms. The van der Waals surface area contributed by atoms with E-state index in [1.54, 1.807) is 25.3 Å². The Morgan fingerprint density at radius 3 is 2.27 bits per heavy atom. The second-order valence-electron chi connectivity index (χ2n) is 8.30. The van der Waals surface area contributed by atoms with Crippen LogP contribution in [0.5, 0.6) is 0 Å². The summed E-state index contributed by atoms with van der Waals surface area (Å²) in [6.07, 6.45) is 2.68. The number of nitrogens with one attached hydrogen (secondary N) is 1. The lowest BCUT2D eigenvalue weighted by atomic mass is 9.96. The molecular formula is C25H33ClN4O3. The molecule has 1 unspecified atom stereocenters. The van der Waals surface area contributed by atoms with Gasteiger partial charge in [0.2, 0.25) is 5.91 Å². The predicted molar refractivity (Wildman–Crippen MR) is 132 cm³/mol. The first-order valence-corrected chi connectivity index (χ1v) is 11.3. The average molecular weight is 473 g/mol. The second kappa shape index (κ2) is 12.9. The first kappa shape index (κ1) is 26.2. The minimum absolute atomic E-state index is 0.184. The molecule has 0 aliphatic carbocycles. The van der Waals surface area contributed by atoms with E-state index in [9.17, 15) is 9.59 Å². The molecule has 0 aromatic heterocycles. The minimum atomic E-state index is -0.835. The van der Waals surface area contributed by atoms with Crippen molar-refractivity contribution in [2.75, 3.05) is 11.9 Å². The normalized spacial score (nSPS) is 12.4. The summed E-state index contributed by atoms with van der Waals surface area (Å²) >= 11 is 5.91. The standard InChI is InChI=1S/C25H33ClN4O3/c1-4-33-25(32)23(13-17(2)3)24(31)29-22-11-7-19(8-12-22)15-30(28)16-21(27)14-18-5-9-20(26)10-6-18/h5-12,16-17,23H,4,13-15,27-28H2,1-3H3,(H,29,31)/b21-16-. The molecule has 178 valence electrons. The zero-order valence-electron chi connectivity index (χ0n) is 19.4. The topological polar surface area (TPSA) is 111 Å². The first-order chi connectivity index (χ1) is 15.7.